The topological polar surface area (TPSA) is 126 Å². The van der Waals surface area contributed by atoms with E-state index in [0.717, 1.165) is 37.7 Å². The lowest BCUT2D eigenvalue weighted by Crippen LogP contribution is -2.55. The molecule has 0 spiro atoms. The molecule has 4 rings (SSSR count). The minimum absolute atomic E-state index is 0.0170. The van der Waals surface area contributed by atoms with Crippen molar-refractivity contribution < 1.29 is 19.0 Å². The second kappa shape index (κ2) is 9.84. The molecule has 2 aromatic heterocycles. The lowest BCUT2D eigenvalue weighted by Gasteiger charge is -2.38. The number of H-pyrrole nitrogens is 1. The Morgan fingerprint density at radius 3 is 2.85 bits per heavy atom. The third-order valence-electron chi connectivity index (χ3n) is 6.42. The number of fused-ring (bicyclic) bond motifs is 1. The second-order valence-corrected chi connectivity index (χ2v) is 8.86. The van der Waals surface area contributed by atoms with Crippen LogP contribution < -0.4 is 15.8 Å². The second-order valence-electron chi connectivity index (χ2n) is 8.86. The number of hydrogen-bond acceptors (Lipinski definition) is 6. The molecule has 1 aliphatic carbocycles. The smallest absolute Gasteiger partial charge is 0.237 e. The van der Waals surface area contributed by atoms with Crippen LogP contribution in [0.2, 0.25) is 0 Å². The van der Waals surface area contributed by atoms with Crippen molar-refractivity contribution in [3.8, 4) is 11.6 Å². The number of aromatic amines is 1. The third-order valence-corrected chi connectivity index (χ3v) is 6.42. The number of aliphatic hydroxyl groups is 1. The van der Waals surface area contributed by atoms with Crippen molar-refractivity contribution >= 4 is 16.9 Å². The molecule has 1 aromatic carbocycles. The molecule has 5 N–H and O–H groups in total. The minimum Gasteiger partial charge on any atom is -0.435 e. The summed E-state index contributed by atoms with van der Waals surface area (Å²) in [6.07, 6.45) is 8.69. The van der Waals surface area contributed by atoms with E-state index in [1.54, 1.807) is 12.3 Å². The van der Waals surface area contributed by atoms with Crippen LogP contribution >= 0.6 is 0 Å². The summed E-state index contributed by atoms with van der Waals surface area (Å²) >= 11 is 0. The van der Waals surface area contributed by atoms with E-state index in [1.165, 1.54) is 18.5 Å². The van der Waals surface area contributed by atoms with Gasteiger partial charge in [-0.05, 0) is 55.9 Å². The first-order chi connectivity index (χ1) is 15.9. The van der Waals surface area contributed by atoms with Gasteiger partial charge in [-0.1, -0.05) is 25.3 Å². The quantitative estimate of drug-likeness (QED) is 0.413. The zero-order valence-corrected chi connectivity index (χ0v) is 18.7. The highest BCUT2D eigenvalue weighted by atomic mass is 19.1. The molecule has 176 valence electrons. The molecule has 1 fully saturated rings. The zero-order valence-electron chi connectivity index (χ0n) is 18.7. The van der Waals surface area contributed by atoms with Crippen LogP contribution in [0.5, 0.6) is 11.6 Å². The van der Waals surface area contributed by atoms with Gasteiger partial charge >= 0.3 is 0 Å². The number of benzene rings is 1. The number of hydrogen-bond donors (Lipinski definition) is 4. The Morgan fingerprint density at radius 2 is 2.12 bits per heavy atom. The number of amides is 1. The molecule has 1 saturated carbocycles. The molecule has 0 unspecified atom stereocenters. The number of nitrogens with two attached hydrogens (primary N) is 1. The molecule has 0 bridgehead atoms. The standard InChI is InChI=1S/C24H30FN5O3/c1-15-13-27-21-20(15)23(29-14-28-21)33-19-6-5-16(11-17(19)25)12-18(26)22(32)30-24(9-10-31)7-3-2-4-8-24/h5-6,11,13-14,18,31H,2-4,7-10,12,26H2,1H3,(H,30,32)(H,27,28,29)/t18-/m0/s1. The molecule has 8 nitrogen and oxygen atoms in total. The maximum Gasteiger partial charge on any atom is 0.237 e. The van der Waals surface area contributed by atoms with Crippen LogP contribution in [0.25, 0.3) is 11.0 Å². The van der Waals surface area contributed by atoms with Crippen molar-refractivity contribution in [1.29, 1.82) is 0 Å². The highest BCUT2D eigenvalue weighted by Crippen LogP contribution is 2.32. The molecule has 1 amide bonds. The predicted octanol–water partition coefficient (Wildman–Crippen LogP) is 3.27. The summed E-state index contributed by atoms with van der Waals surface area (Å²) in [4.78, 5) is 24.1. The lowest BCUT2D eigenvalue weighted by atomic mass is 9.79. The van der Waals surface area contributed by atoms with Crippen LogP contribution in [-0.2, 0) is 11.2 Å². The van der Waals surface area contributed by atoms with Crippen LogP contribution in [-0.4, -0.2) is 44.2 Å². The van der Waals surface area contributed by atoms with E-state index in [0.29, 0.717) is 23.0 Å². The van der Waals surface area contributed by atoms with Crippen LogP contribution in [0.4, 0.5) is 4.39 Å². The number of aryl methyl sites for hydroxylation is 1. The highest BCUT2D eigenvalue weighted by Gasteiger charge is 2.34. The number of carbonyl (C=O) groups is 1. The first kappa shape index (κ1) is 23.1. The number of ether oxygens (including phenoxy) is 1. The molecule has 3 aromatic rings. The van der Waals surface area contributed by atoms with E-state index in [9.17, 15) is 14.3 Å². The fourth-order valence-corrected chi connectivity index (χ4v) is 4.60. The number of aromatic nitrogens is 3. The fourth-order valence-electron chi connectivity index (χ4n) is 4.60. The lowest BCUT2D eigenvalue weighted by molar-refractivity contribution is -0.125. The van der Waals surface area contributed by atoms with Gasteiger partial charge in [-0.2, -0.15) is 0 Å². The van der Waals surface area contributed by atoms with Gasteiger partial charge in [-0.25, -0.2) is 14.4 Å². The summed E-state index contributed by atoms with van der Waals surface area (Å²) in [6, 6.07) is 3.71. The van der Waals surface area contributed by atoms with Crippen LogP contribution in [0.3, 0.4) is 0 Å². The van der Waals surface area contributed by atoms with E-state index in [-0.39, 0.29) is 30.6 Å². The van der Waals surface area contributed by atoms with E-state index in [2.05, 4.69) is 20.3 Å². The number of aliphatic hydroxyl groups excluding tert-OH is 1. The van der Waals surface area contributed by atoms with E-state index in [1.807, 2.05) is 6.92 Å². The van der Waals surface area contributed by atoms with Crippen LogP contribution in [0.15, 0.2) is 30.7 Å². The number of rotatable bonds is 8. The number of nitrogens with zero attached hydrogens (tertiary/aromatic N) is 2. The van der Waals surface area contributed by atoms with Gasteiger partial charge in [0.2, 0.25) is 11.8 Å². The van der Waals surface area contributed by atoms with E-state index >= 15 is 0 Å². The van der Waals surface area contributed by atoms with Crippen molar-refractivity contribution in [2.75, 3.05) is 6.61 Å². The monoisotopic (exact) mass is 455 g/mol. The van der Waals surface area contributed by atoms with Gasteiger partial charge in [0.1, 0.15) is 12.0 Å². The molecule has 2 heterocycles. The Balaban J connectivity index is 1.43. The number of nitrogens with one attached hydrogen (secondary N) is 2. The molecular weight excluding hydrogens is 425 g/mol. The Morgan fingerprint density at radius 1 is 1.33 bits per heavy atom. The van der Waals surface area contributed by atoms with Gasteiger partial charge in [0.05, 0.1) is 11.4 Å². The summed E-state index contributed by atoms with van der Waals surface area (Å²) in [5, 5.41) is 13.2. The molecule has 0 radical (unpaired) electrons. The Kier molecular flexibility index (Phi) is 6.90. The SMILES string of the molecule is Cc1c[nH]c2ncnc(Oc3ccc(C[C@H](N)C(=O)NC4(CCO)CCCCC4)cc3F)c12. The van der Waals surface area contributed by atoms with Crippen LogP contribution in [0, 0.1) is 12.7 Å². The van der Waals surface area contributed by atoms with Gasteiger partial charge in [0.15, 0.2) is 11.6 Å². The Bertz CT molecular complexity index is 1120. The third kappa shape index (κ3) is 5.15. The van der Waals surface area contributed by atoms with Gasteiger partial charge in [-0.15, -0.1) is 0 Å². The van der Waals surface area contributed by atoms with Crippen molar-refractivity contribution in [1.82, 2.24) is 20.3 Å². The number of carbonyl (C=O) groups excluding carboxylic acids is 1. The fraction of sp³-hybridized carbons (Fsp3) is 0.458. The summed E-state index contributed by atoms with van der Waals surface area (Å²) in [7, 11) is 0. The summed E-state index contributed by atoms with van der Waals surface area (Å²) in [5.41, 5.74) is 7.85. The molecule has 1 aliphatic rings. The van der Waals surface area contributed by atoms with Crippen LogP contribution in [0.1, 0.15) is 49.7 Å². The maximum atomic E-state index is 14.8. The Hall–Kier alpha value is -3.04. The van der Waals surface area contributed by atoms with Crippen molar-refractivity contribution in [2.24, 2.45) is 5.73 Å². The largest absolute Gasteiger partial charge is 0.435 e. The summed E-state index contributed by atoms with van der Waals surface area (Å²) in [5.74, 6) is -0.550. The summed E-state index contributed by atoms with van der Waals surface area (Å²) in [6.45, 7) is 1.90. The maximum absolute atomic E-state index is 14.8. The molecule has 33 heavy (non-hydrogen) atoms. The zero-order chi connectivity index (χ0) is 23.4. The molecule has 0 aliphatic heterocycles. The van der Waals surface area contributed by atoms with Crippen molar-refractivity contribution in [3.05, 3.63) is 47.7 Å². The first-order valence-corrected chi connectivity index (χ1v) is 11.3. The highest BCUT2D eigenvalue weighted by molar-refractivity contribution is 5.84. The minimum atomic E-state index is -0.822. The normalized spacial score (nSPS) is 16.5. The number of halogens is 1. The van der Waals surface area contributed by atoms with Crippen molar-refractivity contribution in [2.45, 2.75) is 63.5 Å². The van der Waals surface area contributed by atoms with Gasteiger partial charge in [0, 0.05) is 18.3 Å². The average molecular weight is 456 g/mol. The van der Waals surface area contributed by atoms with Crippen molar-refractivity contribution in [3.63, 3.8) is 0 Å². The molecule has 9 heteroatoms. The van der Waals surface area contributed by atoms with Gasteiger partial charge in [-0.3, -0.25) is 4.79 Å². The summed E-state index contributed by atoms with van der Waals surface area (Å²) < 4.78 is 20.5. The van der Waals surface area contributed by atoms with Gasteiger partial charge < -0.3 is 25.9 Å². The van der Waals surface area contributed by atoms with E-state index in [4.69, 9.17) is 10.5 Å². The first-order valence-electron chi connectivity index (χ1n) is 11.3. The molecule has 0 saturated heterocycles. The molecular formula is C24H30FN5O3. The average Bonchev–Trinajstić information content (AvgIpc) is 3.18. The Labute approximate surface area is 191 Å². The van der Waals surface area contributed by atoms with E-state index < -0.39 is 17.4 Å². The predicted molar refractivity (Wildman–Crippen MR) is 122 cm³/mol. The molecule has 1 atom stereocenters. The van der Waals surface area contributed by atoms with Gasteiger partial charge in [0.25, 0.3) is 0 Å².